The smallest absolute Gasteiger partial charge is 0.135 e. The summed E-state index contributed by atoms with van der Waals surface area (Å²) >= 11 is 0. The van der Waals surface area contributed by atoms with Crippen molar-refractivity contribution in [2.75, 3.05) is 6.54 Å². The summed E-state index contributed by atoms with van der Waals surface area (Å²) in [7, 11) is 0. The van der Waals surface area contributed by atoms with Crippen molar-refractivity contribution in [3.05, 3.63) is 0 Å². The number of nitrogens with two attached hydrogens (primary N) is 1. The minimum atomic E-state index is 0.353. The first kappa shape index (κ1) is 12.7. The van der Waals surface area contributed by atoms with Crippen molar-refractivity contribution in [2.24, 2.45) is 23.5 Å². The highest BCUT2D eigenvalue weighted by Gasteiger charge is 2.24. The maximum Gasteiger partial charge on any atom is 0.135 e. The SMILES string of the molecule is CC(C)CCC(=O)C1CCC(CN)CC1. The second-order valence-electron chi connectivity index (χ2n) is 5.35. The van der Waals surface area contributed by atoms with Crippen molar-refractivity contribution < 1.29 is 4.79 Å². The van der Waals surface area contributed by atoms with E-state index in [0.29, 0.717) is 23.5 Å². The molecule has 0 saturated heterocycles. The lowest BCUT2D eigenvalue weighted by Gasteiger charge is -2.26. The van der Waals surface area contributed by atoms with Gasteiger partial charge in [-0.1, -0.05) is 13.8 Å². The van der Waals surface area contributed by atoms with Crippen LogP contribution < -0.4 is 5.73 Å². The third kappa shape index (κ3) is 4.33. The standard InChI is InChI=1S/C13H25NO/c1-10(2)3-8-13(15)12-6-4-11(9-14)5-7-12/h10-12H,3-9,14H2,1-2H3. The van der Waals surface area contributed by atoms with E-state index in [9.17, 15) is 4.79 Å². The van der Waals surface area contributed by atoms with E-state index in [0.717, 1.165) is 45.1 Å². The van der Waals surface area contributed by atoms with Crippen molar-refractivity contribution in [3.8, 4) is 0 Å². The highest BCUT2D eigenvalue weighted by Crippen LogP contribution is 2.29. The Hall–Kier alpha value is -0.370. The zero-order valence-electron chi connectivity index (χ0n) is 10.2. The van der Waals surface area contributed by atoms with Crippen molar-refractivity contribution >= 4 is 5.78 Å². The van der Waals surface area contributed by atoms with Crippen molar-refractivity contribution in [1.82, 2.24) is 0 Å². The van der Waals surface area contributed by atoms with Crippen LogP contribution in [0.1, 0.15) is 52.4 Å². The molecule has 2 nitrogen and oxygen atoms in total. The van der Waals surface area contributed by atoms with E-state index in [4.69, 9.17) is 5.73 Å². The molecule has 88 valence electrons. The molecule has 0 bridgehead atoms. The minimum absolute atomic E-state index is 0.353. The van der Waals surface area contributed by atoms with E-state index in [1.165, 1.54) is 0 Å². The Kier molecular flexibility index (Phi) is 5.30. The van der Waals surface area contributed by atoms with Gasteiger partial charge in [0.05, 0.1) is 0 Å². The van der Waals surface area contributed by atoms with Crippen LogP contribution in [-0.2, 0) is 4.79 Å². The van der Waals surface area contributed by atoms with Crippen molar-refractivity contribution in [1.29, 1.82) is 0 Å². The van der Waals surface area contributed by atoms with Gasteiger partial charge in [0.25, 0.3) is 0 Å². The molecule has 1 aliphatic carbocycles. The largest absolute Gasteiger partial charge is 0.330 e. The van der Waals surface area contributed by atoms with Gasteiger partial charge in [0.1, 0.15) is 5.78 Å². The Bertz CT molecular complexity index is 193. The number of carbonyl (C=O) groups is 1. The quantitative estimate of drug-likeness (QED) is 0.760. The van der Waals surface area contributed by atoms with E-state index >= 15 is 0 Å². The Balaban J connectivity index is 2.24. The highest BCUT2D eigenvalue weighted by molar-refractivity contribution is 5.81. The second kappa shape index (κ2) is 6.26. The van der Waals surface area contributed by atoms with Crippen LogP contribution >= 0.6 is 0 Å². The lowest BCUT2D eigenvalue weighted by atomic mass is 9.79. The summed E-state index contributed by atoms with van der Waals surface area (Å²) < 4.78 is 0. The molecule has 0 radical (unpaired) electrons. The molecule has 1 rings (SSSR count). The Labute approximate surface area is 93.6 Å². The number of ketones is 1. The summed E-state index contributed by atoms with van der Waals surface area (Å²) in [5.74, 6) is 2.18. The van der Waals surface area contributed by atoms with Crippen molar-refractivity contribution in [3.63, 3.8) is 0 Å². The van der Waals surface area contributed by atoms with Crippen LogP contribution in [0, 0.1) is 17.8 Å². The highest BCUT2D eigenvalue weighted by atomic mass is 16.1. The van der Waals surface area contributed by atoms with E-state index in [-0.39, 0.29) is 0 Å². The van der Waals surface area contributed by atoms with Gasteiger partial charge in [-0.15, -0.1) is 0 Å². The summed E-state index contributed by atoms with van der Waals surface area (Å²) in [5, 5.41) is 0. The molecule has 0 heterocycles. The van der Waals surface area contributed by atoms with Crippen LogP contribution in [0.15, 0.2) is 0 Å². The summed E-state index contributed by atoms with van der Waals surface area (Å²) in [6, 6.07) is 0. The fraction of sp³-hybridized carbons (Fsp3) is 0.923. The molecule has 1 aliphatic rings. The molecule has 0 aromatic heterocycles. The lowest BCUT2D eigenvalue weighted by molar-refractivity contribution is -0.124. The van der Waals surface area contributed by atoms with Gasteiger partial charge < -0.3 is 5.73 Å². The van der Waals surface area contributed by atoms with Gasteiger partial charge in [-0.25, -0.2) is 0 Å². The normalized spacial score (nSPS) is 26.9. The average Bonchev–Trinajstić information content (AvgIpc) is 2.26. The molecule has 0 aliphatic heterocycles. The maximum atomic E-state index is 11.9. The lowest BCUT2D eigenvalue weighted by Crippen LogP contribution is -2.25. The van der Waals surface area contributed by atoms with Gasteiger partial charge in [-0.2, -0.15) is 0 Å². The maximum absolute atomic E-state index is 11.9. The van der Waals surface area contributed by atoms with Gasteiger partial charge in [-0.05, 0) is 50.5 Å². The van der Waals surface area contributed by atoms with Crippen LogP contribution in [0.4, 0.5) is 0 Å². The monoisotopic (exact) mass is 211 g/mol. The number of Topliss-reactive ketones (excluding diaryl/α,β-unsaturated/α-hetero) is 1. The van der Waals surface area contributed by atoms with E-state index in [1.807, 2.05) is 0 Å². The molecular formula is C13H25NO. The molecule has 15 heavy (non-hydrogen) atoms. The predicted molar refractivity (Wildman–Crippen MR) is 63.6 cm³/mol. The van der Waals surface area contributed by atoms with Crippen molar-refractivity contribution in [2.45, 2.75) is 52.4 Å². The first-order valence-corrected chi connectivity index (χ1v) is 6.36. The molecule has 0 unspecified atom stereocenters. The summed E-state index contributed by atoms with van der Waals surface area (Å²) in [4.78, 5) is 11.9. The predicted octanol–water partition coefficient (Wildman–Crippen LogP) is 2.76. The van der Waals surface area contributed by atoms with Crippen LogP contribution in [0.2, 0.25) is 0 Å². The molecule has 0 spiro atoms. The van der Waals surface area contributed by atoms with Gasteiger partial charge in [0.2, 0.25) is 0 Å². The Morgan fingerprint density at radius 2 is 1.87 bits per heavy atom. The zero-order valence-corrected chi connectivity index (χ0v) is 10.2. The van der Waals surface area contributed by atoms with Gasteiger partial charge >= 0.3 is 0 Å². The Morgan fingerprint density at radius 1 is 1.27 bits per heavy atom. The third-order valence-electron chi connectivity index (χ3n) is 3.60. The Morgan fingerprint density at radius 3 is 2.33 bits per heavy atom. The second-order valence-corrected chi connectivity index (χ2v) is 5.35. The summed E-state index contributed by atoms with van der Waals surface area (Å²) in [5.41, 5.74) is 5.64. The van der Waals surface area contributed by atoms with E-state index in [1.54, 1.807) is 0 Å². The third-order valence-corrected chi connectivity index (χ3v) is 3.60. The number of rotatable bonds is 5. The molecule has 2 heteroatoms. The molecular weight excluding hydrogens is 186 g/mol. The van der Waals surface area contributed by atoms with Crippen LogP contribution in [0.5, 0.6) is 0 Å². The number of carbonyl (C=O) groups excluding carboxylic acids is 1. The first-order chi connectivity index (χ1) is 7.13. The van der Waals surface area contributed by atoms with E-state index < -0.39 is 0 Å². The summed E-state index contributed by atoms with van der Waals surface area (Å²) in [6.45, 7) is 5.16. The van der Waals surface area contributed by atoms with Crippen LogP contribution in [0.3, 0.4) is 0 Å². The fourth-order valence-electron chi connectivity index (χ4n) is 2.36. The van der Waals surface area contributed by atoms with Crippen LogP contribution in [0.25, 0.3) is 0 Å². The fourth-order valence-corrected chi connectivity index (χ4v) is 2.36. The topological polar surface area (TPSA) is 43.1 Å². The number of hydrogen-bond acceptors (Lipinski definition) is 2. The van der Waals surface area contributed by atoms with Gasteiger partial charge in [0, 0.05) is 12.3 Å². The molecule has 0 aromatic rings. The summed E-state index contributed by atoms with van der Waals surface area (Å²) in [6.07, 6.45) is 6.33. The first-order valence-electron chi connectivity index (χ1n) is 6.36. The van der Waals surface area contributed by atoms with Crippen LogP contribution in [-0.4, -0.2) is 12.3 Å². The minimum Gasteiger partial charge on any atom is -0.330 e. The molecule has 1 fully saturated rings. The zero-order chi connectivity index (χ0) is 11.3. The molecule has 0 amide bonds. The molecule has 2 N–H and O–H groups in total. The van der Waals surface area contributed by atoms with E-state index in [2.05, 4.69) is 13.8 Å². The molecule has 0 atom stereocenters. The van der Waals surface area contributed by atoms with Gasteiger partial charge in [-0.3, -0.25) is 4.79 Å². The number of hydrogen-bond donors (Lipinski definition) is 1. The molecule has 0 aromatic carbocycles. The molecule has 1 saturated carbocycles. The van der Waals surface area contributed by atoms with Gasteiger partial charge in [0.15, 0.2) is 0 Å². The average molecular weight is 211 g/mol.